The normalized spacial score (nSPS) is 19.3. The molecule has 2 atom stereocenters. The van der Waals surface area contributed by atoms with Gasteiger partial charge in [-0.2, -0.15) is 5.10 Å². The third-order valence-electron chi connectivity index (χ3n) is 6.85. The molecule has 36 heavy (non-hydrogen) atoms. The summed E-state index contributed by atoms with van der Waals surface area (Å²) in [7, 11) is 0. The van der Waals surface area contributed by atoms with Gasteiger partial charge < -0.3 is 25.2 Å². The second-order valence-electron chi connectivity index (χ2n) is 9.31. The summed E-state index contributed by atoms with van der Waals surface area (Å²) in [6.45, 7) is 1.52. The Morgan fingerprint density at radius 1 is 1.19 bits per heavy atom. The molecule has 0 aliphatic carbocycles. The number of rotatable bonds is 6. The van der Waals surface area contributed by atoms with Crippen molar-refractivity contribution in [1.82, 2.24) is 20.5 Å². The Morgan fingerprint density at radius 3 is 2.75 bits per heavy atom. The quantitative estimate of drug-likeness (QED) is 0.464. The number of piperidine rings is 1. The van der Waals surface area contributed by atoms with Crippen LogP contribution >= 0.6 is 11.6 Å². The number of aliphatic hydroxyl groups excluding tert-OH is 2. The molecule has 1 aromatic carbocycles. The zero-order valence-corrected chi connectivity index (χ0v) is 20.4. The van der Waals surface area contributed by atoms with Gasteiger partial charge in [0, 0.05) is 62.4 Å². The van der Waals surface area contributed by atoms with E-state index < -0.39 is 17.8 Å². The van der Waals surface area contributed by atoms with Gasteiger partial charge in [-0.1, -0.05) is 23.7 Å². The van der Waals surface area contributed by atoms with Crippen molar-refractivity contribution in [3.8, 4) is 5.75 Å². The van der Waals surface area contributed by atoms with E-state index in [0.29, 0.717) is 47.1 Å². The number of hydrogen-bond donors (Lipinski definition) is 3. The molecule has 10 heteroatoms. The summed E-state index contributed by atoms with van der Waals surface area (Å²) in [5, 5.41) is 32.7. The number of amides is 1. The summed E-state index contributed by atoms with van der Waals surface area (Å²) in [4.78, 5) is 18.4. The highest BCUT2D eigenvalue weighted by Gasteiger charge is 2.43. The van der Waals surface area contributed by atoms with Crippen LogP contribution in [0.3, 0.4) is 0 Å². The first kappa shape index (κ1) is 24.4. The first-order chi connectivity index (χ1) is 17.4. The van der Waals surface area contributed by atoms with Gasteiger partial charge in [0.15, 0.2) is 5.82 Å². The third kappa shape index (κ3) is 5.28. The highest BCUT2D eigenvalue weighted by atomic mass is 35.5. The van der Waals surface area contributed by atoms with Gasteiger partial charge in [-0.05, 0) is 30.3 Å². The lowest BCUT2D eigenvalue weighted by molar-refractivity contribution is -0.121. The van der Waals surface area contributed by atoms with Gasteiger partial charge in [0.1, 0.15) is 11.4 Å². The Bertz CT molecular complexity index is 1200. The fraction of sp³-hybridized carbons (Fsp3) is 0.385. The van der Waals surface area contributed by atoms with Gasteiger partial charge >= 0.3 is 0 Å². The van der Waals surface area contributed by atoms with Crippen LogP contribution < -0.4 is 15.0 Å². The molecule has 9 nitrogen and oxygen atoms in total. The van der Waals surface area contributed by atoms with Gasteiger partial charge in [0.2, 0.25) is 5.91 Å². The summed E-state index contributed by atoms with van der Waals surface area (Å²) in [5.41, 5.74) is 1.43. The Hall–Kier alpha value is -3.27. The van der Waals surface area contributed by atoms with Crippen molar-refractivity contribution >= 4 is 23.3 Å². The summed E-state index contributed by atoms with van der Waals surface area (Å²) in [6, 6.07) is 12.6. The fourth-order valence-electron chi connectivity index (χ4n) is 4.85. The number of aromatic nitrogens is 3. The average molecular weight is 510 g/mol. The number of benzene rings is 1. The topological polar surface area (TPSA) is 121 Å². The minimum absolute atomic E-state index is 0.0733. The van der Waals surface area contributed by atoms with Gasteiger partial charge in [0.05, 0.1) is 29.3 Å². The highest BCUT2D eigenvalue weighted by molar-refractivity contribution is 6.31. The van der Waals surface area contributed by atoms with E-state index in [0.717, 1.165) is 18.7 Å². The van der Waals surface area contributed by atoms with E-state index in [1.165, 1.54) is 0 Å². The maximum atomic E-state index is 12.3. The van der Waals surface area contributed by atoms with Crippen molar-refractivity contribution in [2.75, 3.05) is 24.5 Å². The standard InChI is InChI=1S/C26H28ClN5O4/c27-19-4-1-5-22-25(19)20(33)14-26(36-22)8-11-32(12-9-26)23-7-6-18(30-31-23)13-24(35)29-16-21(34)17-3-2-10-28-15-17/h1-7,10,15,20-21,33-34H,8-9,11-14,16H2,(H,29,35). The molecule has 2 aromatic heterocycles. The molecule has 2 aliphatic heterocycles. The number of nitrogens with one attached hydrogen (secondary N) is 1. The monoisotopic (exact) mass is 509 g/mol. The summed E-state index contributed by atoms with van der Waals surface area (Å²) >= 11 is 6.27. The highest BCUT2D eigenvalue weighted by Crippen LogP contribution is 2.46. The molecule has 3 aromatic rings. The molecule has 3 N–H and O–H groups in total. The number of anilines is 1. The van der Waals surface area contributed by atoms with Gasteiger partial charge in [-0.3, -0.25) is 9.78 Å². The first-order valence-corrected chi connectivity index (χ1v) is 12.4. The van der Waals surface area contributed by atoms with Crippen LogP contribution in [0.4, 0.5) is 5.82 Å². The maximum Gasteiger partial charge on any atom is 0.226 e. The molecule has 2 unspecified atom stereocenters. The molecule has 0 bridgehead atoms. The summed E-state index contributed by atoms with van der Waals surface area (Å²) in [5.74, 6) is 1.15. The Labute approximate surface area is 214 Å². The molecule has 1 spiro atoms. The second-order valence-corrected chi connectivity index (χ2v) is 9.72. The van der Waals surface area contributed by atoms with Crippen molar-refractivity contribution in [3.63, 3.8) is 0 Å². The van der Waals surface area contributed by atoms with Gasteiger partial charge in [-0.15, -0.1) is 5.10 Å². The minimum atomic E-state index is -0.821. The number of aliphatic hydroxyl groups is 2. The second kappa shape index (κ2) is 10.4. The maximum absolute atomic E-state index is 12.3. The molecule has 4 heterocycles. The van der Waals surface area contributed by atoms with Gasteiger partial charge in [-0.25, -0.2) is 0 Å². The summed E-state index contributed by atoms with van der Waals surface area (Å²) in [6.07, 6.45) is 3.78. The fourth-order valence-corrected chi connectivity index (χ4v) is 5.14. The SMILES string of the molecule is O=C(Cc1ccc(N2CCC3(CC2)CC(O)c2c(Cl)cccc2O3)nn1)NCC(O)c1cccnc1. The molecule has 1 saturated heterocycles. The smallest absolute Gasteiger partial charge is 0.226 e. The lowest BCUT2D eigenvalue weighted by Crippen LogP contribution is -2.50. The summed E-state index contributed by atoms with van der Waals surface area (Å²) < 4.78 is 6.35. The molecule has 0 radical (unpaired) electrons. The van der Waals surface area contributed by atoms with Crippen LogP contribution in [0.5, 0.6) is 5.75 Å². The van der Waals surface area contributed by atoms with Gasteiger partial charge in [0.25, 0.3) is 0 Å². The molecule has 1 fully saturated rings. The van der Waals surface area contributed by atoms with Crippen LogP contribution in [-0.4, -0.2) is 56.5 Å². The van der Waals surface area contributed by atoms with Crippen molar-refractivity contribution in [3.05, 3.63) is 76.7 Å². The molecular formula is C26H28ClN5O4. The Balaban J connectivity index is 1.13. The predicted molar refractivity (Wildman–Crippen MR) is 134 cm³/mol. The van der Waals surface area contributed by atoms with Crippen LogP contribution in [0, 0.1) is 0 Å². The molecule has 1 amide bonds. The van der Waals surface area contributed by atoms with Crippen LogP contribution in [-0.2, 0) is 11.2 Å². The van der Waals surface area contributed by atoms with Crippen LogP contribution in [0.2, 0.25) is 5.02 Å². The zero-order chi connectivity index (χ0) is 25.1. The van der Waals surface area contributed by atoms with Crippen molar-refractivity contribution in [2.24, 2.45) is 0 Å². The van der Waals surface area contributed by atoms with Crippen LogP contribution in [0.15, 0.2) is 54.9 Å². The Morgan fingerprint density at radius 2 is 2.03 bits per heavy atom. The van der Waals surface area contributed by atoms with E-state index in [1.807, 2.05) is 18.2 Å². The number of ether oxygens (including phenoxy) is 1. The van der Waals surface area contributed by atoms with Crippen molar-refractivity contribution in [1.29, 1.82) is 0 Å². The third-order valence-corrected chi connectivity index (χ3v) is 7.18. The lowest BCUT2D eigenvalue weighted by Gasteiger charge is -2.46. The lowest BCUT2D eigenvalue weighted by atomic mass is 9.81. The van der Waals surface area contributed by atoms with E-state index in [9.17, 15) is 15.0 Å². The van der Waals surface area contributed by atoms with Crippen LogP contribution in [0.25, 0.3) is 0 Å². The largest absolute Gasteiger partial charge is 0.487 e. The van der Waals surface area contributed by atoms with E-state index >= 15 is 0 Å². The number of fused-ring (bicyclic) bond motifs is 1. The number of halogens is 1. The number of carbonyl (C=O) groups excluding carboxylic acids is 1. The molecular weight excluding hydrogens is 482 g/mol. The number of carbonyl (C=O) groups is 1. The van der Waals surface area contributed by atoms with E-state index in [4.69, 9.17) is 16.3 Å². The van der Waals surface area contributed by atoms with Crippen molar-refractivity contribution in [2.45, 2.75) is 43.5 Å². The number of pyridine rings is 1. The van der Waals surface area contributed by atoms with E-state index in [1.54, 1.807) is 36.7 Å². The Kier molecular flexibility index (Phi) is 7.04. The molecule has 5 rings (SSSR count). The minimum Gasteiger partial charge on any atom is -0.487 e. The number of hydrogen-bond acceptors (Lipinski definition) is 8. The molecule has 2 aliphatic rings. The molecule has 0 saturated carbocycles. The van der Waals surface area contributed by atoms with Crippen LogP contribution in [0.1, 0.15) is 48.3 Å². The predicted octanol–water partition coefficient (Wildman–Crippen LogP) is 2.77. The average Bonchev–Trinajstić information content (AvgIpc) is 2.88. The van der Waals surface area contributed by atoms with Crippen molar-refractivity contribution < 1.29 is 19.7 Å². The number of nitrogens with zero attached hydrogens (tertiary/aromatic N) is 4. The first-order valence-electron chi connectivity index (χ1n) is 12.0. The van der Waals surface area contributed by atoms with E-state index in [2.05, 4.69) is 25.4 Å². The molecule has 188 valence electrons. The van der Waals surface area contributed by atoms with E-state index in [-0.39, 0.29) is 18.9 Å². The zero-order valence-electron chi connectivity index (χ0n) is 19.7.